The van der Waals surface area contributed by atoms with Crippen LogP contribution in [0.2, 0.25) is 0 Å². The zero-order chi connectivity index (χ0) is 42.0. The first kappa shape index (κ1) is 53.5. The van der Waals surface area contributed by atoms with Gasteiger partial charge in [0.1, 0.15) is 12.6 Å². The Labute approximate surface area is 358 Å². The van der Waals surface area contributed by atoms with E-state index in [1.165, 1.54) is 180 Å². The zero-order valence-corrected chi connectivity index (χ0v) is 37.8. The third-order valence-electron chi connectivity index (χ3n) is 11.4. The summed E-state index contributed by atoms with van der Waals surface area (Å²) in [6, 6.07) is 8.84. The van der Waals surface area contributed by atoms with Crippen molar-refractivity contribution in [3.63, 3.8) is 0 Å². The summed E-state index contributed by atoms with van der Waals surface area (Å²) in [4.78, 5) is 39.5. The molecule has 0 aliphatic heterocycles. The number of unbranched alkanes of at least 4 members (excludes halogenated alkanes) is 27. The molecular formula is C49H89BN4O4. The van der Waals surface area contributed by atoms with Crippen molar-refractivity contribution in [3.8, 4) is 0 Å². The smallest absolute Gasteiger partial charge is 0.407 e. The quantitative estimate of drug-likeness (QED) is 0.0451. The van der Waals surface area contributed by atoms with Gasteiger partial charge in [0.2, 0.25) is 13.8 Å². The highest BCUT2D eigenvalue weighted by Crippen LogP contribution is 2.15. The Morgan fingerprint density at radius 1 is 0.534 bits per heavy atom. The Morgan fingerprint density at radius 3 is 1.40 bits per heavy atom. The number of ether oxygens (including phenoxy) is 1. The molecule has 1 aromatic carbocycles. The summed E-state index contributed by atoms with van der Waals surface area (Å²) in [6.07, 6.45) is 39.3. The molecule has 0 bridgehead atoms. The van der Waals surface area contributed by atoms with E-state index < -0.39 is 17.9 Å². The van der Waals surface area contributed by atoms with E-state index in [0.717, 1.165) is 25.2 Å². The topological polar surface area (TPSA) is 99.8 Å². The summed E-state index contributed by atoms with van der Waals surface area (Å²) in [7, 11) is 5.44. The van der Waals surface area contributed by atoms with E-state index in [-0.39, 0.29) is 12.5 Å². The molecule has 2 radical (unpaired) electrons. The lowest BCUT2D eigenvalue weighted by molar-refractivity contribution is -0.123. The minimum Gasteiger partial charge on any atom is -0.445 e. The number of rotatable bonds is 42. The fraction of sp³-hybridized carbons (Fsp3) is 0.816. The highest BCUT2D eigenvalue weighted by molar-refractivity contribution is 6.57. The van der Waals surface area contributed by atoms with E-state index in [1.807, 2.05) is 30.3 Å². The van der Waals surface area contributed by atoms with Crippen LogP contribution in [0.5, 0.6) is 0 Å². The van der Waals surface area contributed by atoms with E-state index in [4.69, 9.17) is 12.6 Å². The lowest BCUT2D eigenvalue weighted by atomic mass is 10.0. The highest BCUT2D eigenvalue weighted by atomic mass is 16.5. The predicted molar refractivity (Wildman–Crippen MR) is 247 cm³/mol. The maximum absolute atomic E-state index is 13.2. The number of nitrogens with one attached hydrogen (secondary N) is 3. The van der Waals surface area contributed by atoms with Crippen molar-refractivity contribution in [2.45, 2.75) is 226 Å². The number of alkyl carbamates (subject to hydrolysis) is 1. The first-order valence-electron chi connectivity index (χ1n) is 24.5. The molecule has 3 N–H and O–H groups in total. The Kier molecular flexibility index (Phi) is 38.0. The summed E-state index contributed by atoms with van der Waals surface area (Å²) >= 11 is 0. The second kappa shape index (κ2) is 41.2. The van der Waals surface area contributed by atoms with Crippen LogP contribution in [0.3, 0.4) is 0 Å². The summed E-state index contributed by atoms with van der Waals surface area (Å²) in [5.74, 6) is -0.915. The molecular weight excluding hydrogens is 719 g/mol. The molecule has 0 aliphatic carbocycles. The molecule has 9 heteroatoms. The van der Waals surface area contributed by atoms with Crippen LogP contribution in [0.4, 0.5) is 9.59 Å². The Morgan fingerprint density at radius 2 is 0.966 bits per heavy atom. The average Bonchev–Trinajstić information content (AvgIpc) is 3.22. The number of hydrogen-bond acceptors (Lipinski definition) is 5. The second-order valence-electron chi connectivity index (χ2n) is 16.9. The lowest BCUT2D eigenvalue weighted by Crippen LogP contribution is -2.48. The van der Waals surface area contributed by atoms with E-state index in [1.54, 1.807) is 0 Å². The lowest BCUT2D eigenvalue weighted by Gasteiger charge is -2.24. The molecule has 1 unspecified atom stereocenters. The molecule has 332 valence electrons. The van der Waals surface area contributed by atoms with Gasteiger partial charge in [-0.1, -0.05) is 211 Å². The summed E-state index contributed by atoms with van der Waals surface area (Å²) in [5, 5.41) is 8.45. The summed E-state index contributed by atoms with van der Waals surface area (Å²) in [6.45, 7) is 8.69. The summed E-state index contributed by atoms with van der Waals surface area (Å²) < 4.78 is 5.26. The number of hydrogen-bond donors (Lipinski definition) is 3. The van der Waals surface area contributed by atoms with Gasteiger partial charge in [-0.15, -0.1) is 0 Å². The van der Waals surface area contributed by atoms with Crippen molar-refractivity contribution in [2.75, 3.05) is 32.7 Å². The third kappa shape index (κ3) is 35.4. The number of nitrogens with zero attached hydrogens (tertiary/aromatic N) is 1. The molecule has 3 amide bonds. The molecule has 0 spiro atoms. The van der Waals surface area contributed by atoms with Gasteiger partial charge >= 0.3 is 6.09 Å². The van der Waals surface area contributed by atoms with Crippen LogP contribution in [0.1, 0.15) is 218 Å². The summed E-state index contributed by atoms with van der Waals surface area (Å²) in [5.41, 5.74) is 0.928. The number of carbonyl (C=O) groups excluding carboxylic acids is 3. The Hall–Kier alpha value is -2.55. The number of amides is 3. The largest absolute Gasteiger partial charge is 0.445 e. The van der Waals surface area contributed by atoms with Crippen molar-refractivity contribution in [1.82, 2.24) is 20.9 Å². The number of carbonyl (C=O) groups is 3. The maximum atomic E-state index is 13.2. The van der Waals surface area contributed by atoms with Crippen molar-refractivity contribution >= 4 is 25.7 Å². The van der Waals surface area contributed by atoms with Crippen LogP contribution in [0.15, 0.2) is 30.3 Å². The van der Waals surface area contributed by atoms with Gasteiger partial charge < -0.3 is 25.6 Å². The van der Waals surface area contributed by atoms with Gasteiger partial charge in [0.25, 0.3) is 0 Å². The molecule has 8 nitrogen and oxygen atoms in total. The molecule has 1 rings (SSSR count). The molecule has 0 fully saturated rings. The van der Waals surface area contributed by atoms with Crippen molar-refractivity contribution in [2.24, 2.45) is 0 Å². The average molecular weight is 809 g/mol. The van der Waals surface area contributed by atoms with Gasteiger partial charge in [-0.25, -0.2) is 4.79 Å². The predicted octanol–water partition coefficient (Wildman–Crippen LogP) is 12.7. The second-order valence-corrected chi connectivity index (χ2v) is 16.9. The van der Waals surface area contributed by atoms with Gasteiger partial charge in [0.15, 0.2) is 5.81 Å². The van der Waals surface area contributed by atoms with Crippen LogP contribution in [-0.2, 0) is 16.1 Å². The first-order chi connectivity index (χ1) is 28.5. The SMILES string of the molecule is [B]C(=O)NC(CCCCNC(=O)OCc1ccccc1)C(=O)NCCN(CCCCCCCCCCCCCCCC)CCCCCCCCCCCCCCCC. The Balaban J connectivity index is 2.37. The molecule has 1 aromatic rings. The van der Waals surface area contributed by atoms with Gasteiger partial charge in [0, 0.05) is 19.6 Å². The van der Waals surface area contributed by atoms with Gasteiger partial charge in [0.05, 0.1) is 0 Å². The fourth-order valence-electron chi connectivity index (χ4n) is 7.73. The molecule has 0 saturated carbocycles. The van der Waals surface area contributed by atoms with E-state index in [0.29, 0.717) is 32.4 Å². The van der Waals surface area contributed by atoms with Crippen LogP contribution in [-0.4, -0.2) is 69.3 Å². The standard InChI is InChI=1S/C49H89BN4O4/c1-3-5-7-9-11-13-15-17-19-21-23-25-27-34-41-54(42-35-28-26-24-22-20-18-16-14-12-10-8-6-4-2)43-40-51-47(55)46(53-48(50)56)38-32-33-39-52-49(57)58-44-45-36-30-29-31-37-45/h29-31,36-37,46H,3-28,32-35,38-44H2,1-2H3,(H,51,55)(H,52,57)(H,53,56). The van der Waals surface area contributed by atoms with Crippen molar-refractivity contribution < 1.29 is 19.1 Å². The normalized spacial score (nSPS) is 11.8. The molecule has 1 atom stereocenters. The van der Waals surface area contributed by atoms with Crippen LogP contribution in [0, 0.1) is 0 Å². The van der Waals surface area contributed by atoms with E-state index >= 15 is 0 Å². The Bertz CT molecular complexity index is 1050. The molecule has 58 heavy (non-hydrogen) atoms. The zero-order valence-electron chi connectivity index (χ0n) is 37.8. The molecule has 0 aromatic heterocycles. The molecule has 0 aliphatic rings. The van der Waals surface area contributed by atoms with Gasteiger partial charge in [-0.05, 0) is 50.8 Å². The van der Waals surface area contributed by atoms with Crippen LogP contribution < -0.4 is 16.0 Å². The third-order valence-corrected chi connectivity index (χ3v) is 11.4. The van der Waals surface area contributed by atoms with Gasteiger partial charge in [-0.3, -0.25) is 9.59 Å². The highest BCUT2D eigenvalue weighted by Gasteiger charge is 2.19. The minimum atomic E-state index is -0.708. The number of benzene rings is 1. The van der Waals surface area contributed by atoms with E-state index in [9.17, 15) is 14.4 Å². The monoisotopic (exact) mass is 809 g/mol. The van der Waals surface area contributed by atoms with E-state index in [2.05, 4.69) is 34.7 Å². The first-order valence-corrected chi connectivity index (χ1v) is 24.5. The van der Waals surface area contributed by atoms with Crippen LogP contribution >= 0.6 is 0 Å². The van der Waals surface area contributed by atoms with Crippen molar-refractivity contribution in [1.29, 1.82) is 0 Å². The fourth-order valence-corrected chi connectivity index (χ4v) is 7.73. The molecule has 0 saturated heterocycles. The van der Waals surface area contributed by atoms with Crippen molar-refractivity contribution in [3.05, 3.63) is 35.9 Å². The maximum Gasteiger partial charge on any atom is 0.407 e. The minimum absolute atomic E-state index is 0.207. The van der Waals surface area contributed by atoms with Gasteiger partial charge in [-0.2, -0.15) is 0 Å². The van der Waals surface area contributed by atoms with Crippen LogP contribution in [0.25, 0.3) is 0 Å². The molecule has 0 heterocycles.